The number of nitrogens with zero attached hydrogens (tertiary/aromatic N) is 3. The second-order valence-electron chi connectivity index (χ2n) is 12.5. The smallest absolute Gasteiger partial charge is 0.247 e. The standard InChI is InChI=1S/C32H44BrN3O4S/c1-8-16-34(21-14-12-11-13-15-21)28(38)24-25-29(39)36(23(19-37)20(4)10-3)27(32(25)18-22(33)26(24)41-32)30(40)35(17-9-2)31(5,6)7/h8-9,11-15,20,22-27,37H,1-2,10,16-19H2,3-7H3/t20-,22?,23-,24-,25-,26-,27?,32?/m0/s1. The van der Waals surface area contributed by atoms with Gasteiger partial charge in [0.1, 0.15) is 6.04 Å². The summed E-state index contributed by atoms with van der Waals surface area (Å²) in [5.41, 5.74) is 0.232. The van der Waals surface area contributed by atoms with Crippen molar-refractivity contribution in [1.29, 1.82) is 0 Å². The summed E-state index contributed by atoms with van der Waals surface area (Å²) in [5, 5.41) is 10.5. The molecular formula is C32H44BrN3O4S. The zero-order valence-electron chi connectivity index (χ0n) is 24.8. The molecule has 9 heteroatoms. The molecule has 41 heavy (non-hydrogen) atoms. The van der Waals surface area contributed by atoms with Gasteiger partial charge in [-0.1, -0.05) is 66.5 Å². The van der Waals surface area contributed by atoms with Crippen LogP contribution in [0, 0.1) is 17.8 Å². The lowest BCUT2D eigenvalue weighted by Crippen LogP contribution is -2.61. The van der Waals surface area contributed by atoms with Crippen LogP contribution in [0.15, 0.2) is 55.6 Å². The predicted molar refractivity (Wildman–Crippen MR) is 170 cm³/mol. The lowest BCUT2D eigenvalue weighted by atomic mass is 9.70. The van der Waals surface area contributed by atoms with Crippen LogP contribution >= 0.6 is 27.7 Å². The van der Waals surface area contributed by atoms with Gasteiger partial charge in [-0.3, -0.25) is 14.4 Å². The van der Waals surface area contributed by atoms with Crippen LogP contribution in [-0.4, -0.2) is 84.8 Å². The van der Waals surface area contributed by atoms with Crippen molar-refractivity contribution >= 4 is 51.1 Å². The quantitative estimate of drug-likeness (QED) is 0.274. The molecule has 0 aliphatic carbocycles. The second kappa shape index (κ2) is 12.3. The first kappa shape index (κ1) is 31.8. The number of anilines is 1. The molecule has 8 atom stereocenters. The average molecular weight is 647 g/mol. The summed E-state index contributed by atoms with van der Waals surface area (Å²) in [6.45, 7) is 18.1. The van der Waals surface area contributed by atoms with Crippen molar-refractivity contribution in [3.63, 3.8) is 0 Å². The van der Waals surface area contributed by atoms with E-state index >= 15 is 0 Å². The number of thioether (sulfide) groups is 1. The fraction of sp³-hybridized carbons (Fsp3) is 0.594. The lowest BCUT2D eigenvalue weighted by molar-refractivity contribution is -0.149. The second-order valence-corrected chi connectivity index (χ2v) is 15.2. The number of halogens is 1. The van der Waals surface area contributed by atoms with Gasteiger partial charge >= 0.3 is 0 Å². The van der Waals surface area contributed by atoms with Crippen LogP contribution in [0.3, 0.4) is 0 Å². The molecule has 0 aromatic heterocycles. The molecule has 2 bridgehead atoms. The molecule has 224 valence electrons. The first-order valence-corrected chi connectivity index (χ1v) is 16.3. The number of carbonyl (C=O) groups is 3. The van der Waals surface area contributed by atoms with E-state index in [1.54, 1.807) is 38.6 Å². The Morgan fingerprint density at radius 2 is 1.83 bits per heavy atom. The molecule has 1 aromatic rings. The topological polar surface area (TPSA) is 81.2 Å². The van der Waals surface area contributed by atoms with Crippen molar-refractivity contribution in [3.8, 4) is 0 Å². The number of aliphatic hydroxyl groups excluding tert-OH is 1. The van der Waals surface area contributed by atoms with Crippen LogP contribution in [0.2, 0.25) is 0 Å². The summed E-state index contributed by atoms with van der Waals surface area (Å²) in [6.07, 6.45) is 4.74. The van der Waals surface area contributed by atoms with Crippen LogP contribution in [0.4, 0.5) is 5.69 Å². The predicted octanol–water partition coefficient (Wildman–Crippen LogP) is 4.89. The highest BCUT2D eigenvalue weighted by Crippen LogP contribution is 2.68. The van der Waals surface area contributed by atoms with Gasteiger partial charge in [-0.25, -0.2) is 0 Å². The third kappa shape index (κ3) is 5.31. The maximum Gasteiger partial charge on any atom is 0.247 e. The van der Waals surface area contributed by atoms with Crippen LogP contribution in [0.5, 0.6) is 0 Å². The molecule has 0 radical (unpaired) electrons. The molecule has 1 spiro atoms. The van der Waals surface area contributed by atoms with Gasteiger partial charge in [0.15, 0.2) is 0 Å². The largest absolute Gasteiger partial charge is 0.394 e. The molecule has 3 aliphatic rings. The maximum atomic E-state index is 14.7. The normalized spacial score (nSPS) is 30.1. The van der Waals surface area contributed by atoms with E-state index < -0.39 is 34.2 Å². The molecule has 3 fully saturated rings. The van der Waals surface area contributed by atoms with Gasteiger partial charge in [0, 0.05) is 34.4 Å². The molecule has 3 aliphatic heterocycles. The maximum absolute atomic E-state index is 14.7. The van der Waals surface area contributed by atoms with Crippen molar-refractivity contribution in [2.75, 3.05) is 24.6 Å². The van der Waals surface area contributed by atoms with Gasteiger partial charge in [-0.2, -0.15) is 0 Å². The molecule has 3 saturated heterocycles. The van der Waals surface area contributed by atoms with Gasteiger partial charge in [0.25, 0.3) is 0 Å². The van der Waals surface area contributed by atoms with Crippen molar-refractivity contribution in [1.82, 2.24) is 9.80 Å². The number of para-hydroxylation sites is 1. The van der Waals surface area contributed by atoms with Crippen LogP contribution in [0.1, 0.15) is 47.5 Å². The number of aliphatic hydroxyl groups is 1. The number of alkyl halides is 1. The lowest BCUT2D eigenvalue weighted by Gasteiger charge is -2.44. The van der Waals surface area contributed by atoms with Gasteiger partial charge in [0.05, 0.1) is 29.2 Å². The highest BCUT2D eigenvalue weighted by Gasteiger charge is 2.77. The summed E-state index contributed by atoms with van der Waals surface area (Å²) in [4.78, 5) is 49.0. The zero-order valence-corrected chi connectivity index (χ0v) is 27.2. The zero-order chi connectivity index (χ0) is 30.3. The van der Waals surface area contributed by atoms with Gasteiger partial charge in [-0.05, 0) is 45.2 Å². The van der Waals surface area contributed by atoms with Crippen LogP contribution in [-0.2, 0) is 14.4 Å². The summed E-state index contributed by atoms with van der Waals surface area (Å²) in [6, 6.07) is 8.12. The Morgan fingerprint density at radius 3 is 2.37 bits per heavy atom. The molecule has 4 rings (SSSR count). The number of fused-ring (bicyclic) bond motifs is 1. The number of likely N-dealkylation sites (tertiary alicyclic amines) is 1. The Bertz CT molecular complexity index is 1170. The number of rotatable bonds is 11. The van der Waals surface area contributed by atoms with Crippen LogP contribution in [0.25, 0.3) is 0 Å². The summed E-state index contributed by atoms with van der Waals surface area (Å²) in [7, 11) is 0. The Hall–Kier alpha value is -2.10. The molecule has 3 amide bonds. The van der Waals surface area contributed by atoms with Crippen molar-refractivity contribution in [2.45, 2.75) is 79.9 Å². The van der Waals surface area contributed by atoms with Crippen molar-refractivity contribution in [2.24, 2.45) is 17.8 Å². The third-order valence-corrected chi connectivity index (χ3v) is 12.3. The fourth-order valence-electron chi connectivity index (χ4n) is 7.01. The first-order chi connectivity index (χ1) is 19.4. The SMILES string of the molecule is C=CCN(C(=O)[C@H]1[C@H]2C(=O)N([C@@H](CO)[C@@H](C)CC)C(C(=O)N(CC=C)C(C)(C)C)C23CC(Br)[C@@H]1S3)c1ccccc1. The third-order valence-electron chi connectivity index (χ3n) is 9.12. The fourth-order valence-corrected chi connectivity index (χ4v) is 10.6. The van der Waals surface area contributed by atoms with E-state index in [1.807, 2.05) is 65.0 Å². The Labute approximate surface area is 257 Å². The first-order valence-electron chi connectivity index (χ1n) is 14.5. The van der Waals surface area contributed by atoms with E-state index in [9.17, 15) is 19.5 Å². The van der Waals surface area contributed by atoms with E-state index in [-0.39, 0.29) is 40.3 Å². The molecule has 7 nitrogen and oxygen atoms in total. The average Bonchev–Trinajstić information content (AvgIpc) is 3.53. The van der Waals surface area contributed by atoms with E-state index in [4.69, 9.17) is 0 Å². The number of carbonyl (C=O) groups excluding carboxylic acids is 3. The van der Waals surface area contributed by atoms with Gasteiger partial charge < -0.3 is 19.8 Å². The molecule has 1 aromatic carbocycles. The van der Waals surface area contributed by atoms with Crippen LogP contribution < -0.4 is 4.90 Å². The Morgan fingerprint density at radius 1 is 1.20 bits per heavy atom. The van der Waals surface area contributed by atoms with Gasteiger partial charge in [0.2, 0.25) is 17.7 Å². The Kier molecular flexibility index (Phi) is 9.51. The number of amides is 3. The number of hydrogen-bond acceptors (Lipinski definition) is 5. The highest BCUT2D eigenvalue weighted by atomic mass is 79.9. The molecule has 3 heterocycles. The minimum Gasteiger partial charge on any atom is -0.394 e. The minimum atomic E-state index is -0.803. The van der Waals surface area contributed by atoms with Crippen molar-refractivity contribution < 1.29 is 19.5 Å². The summed E-state index contributed by atoms with van der Waals surface area (Å²) in [5.74, 6) is -1.81. The van der Waals surface area contributed by atoms with E-state index in [1.165, 1.54) is 0 Å². The monoisotopic (exact) mass is 645 g/mol. The van der Waals surface area contributed by atoms with E-state index in [2.05, 4.69) is 29.1 Å². The van der Waals surface area contributed by atoms with E-state index in [0.717, 1.165) is 12.1 Å². The molecular weight excluding hydrogens is 602 g/mol. The van der Waals surface area contributed by atoms with E-state index in [0.29, 0.717) is 19.5 Å². The minimum absolute atomic E-state index is 0.0327. The Balaban J connectivity index is 1.87. The highest BCUT2D eigenvalue weighted by molar-refractivity contribution is 9.09. The number of benzene rings is 1. The molecule has 0 saturated carbocycles. The molecule has 3 unspecified atom stereocenters. The van der Waals surface area contributed by atoms with Gasteiger partial charge in [-0.15, -0.1) is 24.9 Å². The summed E-state index contributed by atoms with van der Waals surface area (Å²) >= 11 is 5.49. The van der Waals surface area contributed by atoms with Crippen molar-refractivity contribution in [3.05, 3.63) is 55.6 Å². The molecule has 1 N–H and O–H groups in total. The number of hydrogen-bond donors (Lipinski definition) is 1. The summed E-state index contributed by atoms with van der Waals surface area (Å²) < 4.78 is -0.796.